The summed E-state index contributed by atoms with van der Waals surface area (Å²) in [5.74, 6) is 0.214. The standard InChI is InChI=1S/C22H24FN7O/c1-13-14(2)26-22(27-15(13)3)28-10-7-16-11-29(19(16)12-28)21(31)20-17(23)5-4-6-18(20)30-24-8-9-25-30/h4-6,8-9,16,19H,7,10-12H2,1-3H3/t16-,19-/m1/s1. The van der Waals surface area contributed by atoms with Gasteiger partial charge in [-0.3, -0.25) is 4.79 Å². The van der Waals surface area contributed by atoms with Gasteiger partial charge in [0.05, 0.1) is 18.4 Å². The van der Waals surface area contributed by atoms with Crippen LogP contribution < -0.4 is 4.90 Å². The molecule has 0 saturated carbocycles. The molecule has 0 radical (unpaired) electrons. The number of aryl methyl sites for hydroxylation is 2. The Bertz CT molecular complexity index is 1120. The number of hydrogen-bond acceptors (Lipinski definition) is 6. The van der Waals surface area contributed by atoms with E-state index in [9.17, 15) is 9.18 Å². The monoisotopic (exact) mass is 421 g/mol. The minimum absolute atomic E-state index is 0.00445. The fourth-order valence-electron chi connectivity index (χ4n) is 4.48. The highest BCUT2D eigenvalue weighted by Gasteiger charge is 2.46. The number of likely N-dealkylation sites (tertiary alicyclic amines) is 1. The van der Waals surface area contributed by atoms with Crippen LogP contribution in [-0.4, -0.2) is 61.4 Å². The highest BCUT2D eigenvalue weighted by Crippen LogP contribution is 2.36. The van der Waals surface area contributed by atoms with Crippen LogP contribution in [0.3, 0.4) is 0 Å². The second kappa shape index (κ2) is 7.40. The highest BCUT2D eigenvalue weighted by molar-refractivity contribution is 5.98. The molecule has 0 bridgehead atoms. The van der Waals surface area contributed by atoms with E-state index in [0.29, 0.717) is 30.6 Å². The van der Waals surface area contributed by atoms with Crippen molar-refractivity contribution in [3.63, 3.8) is 0 Å². The Balaban J connectivity index is 1.41. The van der Waals surface area contributed by atoms with Crippen molar-refractivity contribution in [3.05, 3.63) is 58.9 Å². The maximum absolute atomic E-state index is 14.8. The minimum Gasteiger partial charge on any atom is -0.339 e. The van der Waals surface area contributed by atoms with Gasteiger partial charge in [-0.1, -0.05) is 6.07 Å². The number of piperidine rings is 1. The molecule has 1 aromatic carbocycles. The van der Waals surface area contributed by atoms with E-state index in [2.05, 4.69) is 25.1 Å². The van der Waals surface area contributed by atoms with Crippen LogP contribution >= 0.6 is 0 Å². The van der Waals surface area contributed by atoms with Crippen molar-refractivity contribution in [1.29, 1.82) is 0 Å². The zero-order valence-corrected chi connectivity index (χ0v) is 17.8. The van der Waals surface area contributed by atoms with Gasteiger partial charge < -0.3 is 9.80 Å². The molecule has 2 aromatic heterocycles. The number of benzene rings is 1. The Morgan fingerprint density at radius 2 is 1.77 bits per heavy atom. The van der Waals surface area contributed by atoms with Crippen molar-refractivity contribution in [2.75, 3.05) is 24.5 Å². The molecule has 0 spiro atoms. The van der Waals surface area contributed by atoms with Gasteiger partial charge >= 0.3 is 0 Å². The van der Waals surface area contributed by atoms with Crippen LogP contribution in [0.25, 0.3) is 5.69 Å². The van der Waals surface area contributed by atoms with E-state index in [-0.39, 0.29) is 17.5 Å². The molecule has 3 aromatic rings. The Hall–Kier alpha value is -3.36. The summed E-state index contributed by atoms with van der Waals surface area (Å²) in [7, 11) is 0. The SMILES string of the molecule is Cc1nc(N2CC[C@@H]3CN(C(=O)c4c(F)cccc4-n4nccn4)[C@@H]3C2)nc(C)c1C. The number of hydrogen-bond donors (Lipinski definition) is 0. The molecule has 8 nitrogen and oxygen atoms in total. The van der Waals surface area contributed by atoms with E-state index in [4.69, 9.17) is 0 Å². The molecule has 9 heteroatoms. The molecule has 2 saturated heterocycles. The molecule has 2 aliphatic heterocycles. The third-order valence-corrected chi connectivity index (χ3v) is 6.56. The topological polar surface area (TPSA) is 80.0 Å². The first-order valence-corrected chi connectivity index (χ1v) is 10.5. The van der Waals surface area contributed by atoms with Crippen molar-refractivity contribution >= 4 is 11.9 Å². The van der Waals surface area contributed by atoms with Gasteiger partial charge in [-0.15, -0.1) is 0 Å². The minimum atomic E-state index is -0.566. The lowest BCUT2D eigenvalue weighted by Gasteiger charge is -2.53. The van der Waals surface area contributed by atoms with E-state index in [0.717, 1.165) is 29.9 Å². The Labute approximate surface area is 179 Å². The number of halogens is 1. The predicted molar refractivity (Wildman–Crippen MR) is 113 cm³/mol. The third kappa shape index (κ3) is 3.24. The summed E-state index contributed by atoms with van der Waals surface area (Å²) in [5, 5.41) is 8.15. The Morgan fingerprint density at radius 1 is 1.06 bits per heavy atom. The molecule has 4 heterocycles. The van der Waals surface area contributed by atoms with E-state index in [1.807, 2.05) is 20.8 Å². The van der Waals surface area contributed by atoms with Gasteiger partial charge in [0.1, 0.15) is 17.1 Å². The van der Waals surface area contributed by atoms with E-state index < -0.39 is 5.82 Å². The van der Waals surface area contributed by atoms with Crippen LogP contribution in [0, 0.1) is 32.5 Å². The van der Waals surface area contributed by atoms with Gasteiger partial charge in [0.2, 0.25) is 5.95 Å². The predicted octanol–water partition coefficient (Wildman–Crippen LogP) is 2.47. The van der Waals surface area contributed by atoms with Gasteiger partial charge in [0.25, 0.3) is 5.91 Å². The number of carbonyl (C=O) groups excluding carboxylic acids is 1. The van der Waals surface area contributed by atoms with E-state index >= 15 is 0 Å². The second-order valence-corrected chi connectivity index (χ2v) is 8.29. The normalized spacial score (nSPS) is 20.4. The zero-order valence-electron chi connectivity index (χ0n) is 17.8. The first-order valence-electron chi connectivity index (χ1n) is 10.5. The molecule has 0 unspecified atom stereocenters. The summed E-state index contributed by atoms with van der Waals surface area (Å²) in [6.07, 6.45) is 3.96. The molecule has 2 atom stereocenters. The number of amides is 1. The lowest BCUT2D eigenvalue weighted by atomic mass is 9.81. The number of rotatable bonds is 3. The van der Waals surface area contributed by atoms with Crippen molar-refractivity contribution in [3.8, 4) is 5.69 Å². The number of fused-ring (bicyclic) bond motifs is 1. The lowest BCUT2D eigenvalue weighted by Crippen LogP contribution is -2.66. The van der Waals surface area contributed by atoms with E-state index in [1.54, 1.807) is 17.0 Å². The molecule has 2 fully saturated rings. The average Bonchev–Trinajstić information content (AvgIpc) is 3.27. The van der Waals surface area contributed by atoms with Gasteiger partial charge in [-0.2, -0.15) is 15.0 Å². The van der Waals surface area contributed by atoms with Crippen LogP contribution in [-0.2, 0) is 0 Å². The van der Waals surface area contributed by atoms with Gasteiger partial charge in [-0.05, 0) is 44.9 Å². The maximum Gasteiger partial charge on any atom is 0.259 e. The summed E-state index contributed by atoms with van der Waals surface area (Å²) in [6, 6.07) is 4.53. The van der Waals surface area contributed by atoms with Crippen molar-refractivity contribution < 1.29 is 9.18 Å². The fourth-order valence-corrected chi connectivity index (χ4v) is 4.48. The first kappa shape index (κ1) is 19.6. The molecule has 2 aliphatic rings. The van der Waals surface area contributed by atoms with Crippen LogP contribution in [0.2, 0.25) is 0 Å². The molecule has 0 aliphatic carbocycles. The highest BCUT2D eigenvalue weighted by atomic mass is 19.1. The van der Waals surface area contributed by atoms with Crippen molar-refractivity contribution in [1.82, 2.24) is 29.9 Å². The zero-order chi connectivity index (χ0) is 21.7. The molecule has 5 rings (SSSR count). The van der Waals surface area contributed by atoms with Crippen LogP contribution in [0.5, 0.6) is 0 Å². The van der Waals surface area contributed by atoms with E-state index in [1.165, 1.54) is 23.3 Å². The summed E-state index contributed by atoms with van der Waals surface area (Å²) in [5.41, 5.74) is 3.38. The fraction of sp³-hybridized carbons (Fsp3) is 0.409. The molecule has 0 N–H and O–H groups in total. The molecular formula is C22H24FN7O. The molecule has 160 valence electrons. The molecule has 31 heavy (non-hydrogen) atoms. The number of anilines is 1. The van der Waals surface area contributed by atoms with Gasteiger partial charge in [-0.25, -0.2) is 14.4 Å². The number of nitrogens with zero attached hydrogens (tertiary/aromatic N) is 7. The summed E-state index contributed by atoms with van der Waals surface area (Å²) in [6.45, 7) is 8.12. The number of aromatic nitrogens is 5. The van der Waals surface area contributed by atoms with Crippen LogP contribution in [0.15, 0.2) is 30.6 Å². The van der Waals surface area contributed by atoms with Crippen molar-refractivity contribution in [2.24, 2.45) is 5.92 Å². The second-order valence-electron chi connectivity index (χ2n) is 8.29. The smallest absolute Gasteiger partial charge is 0.259 e. The average molecular weight is 421 g/mol. The Kier molecular flexibility index (Phi) is 4.68. The summed E-state index contributed by atoms with van der Waals surface area (Å²) < 4.78 is 14.8. The van der Waals surface area contributed by atoms with Gasteiger partial charge in [0, 0.05) is 36.9 Å². The van der Waals surface area contributed by atoms with Gasteiger partial charge in [0.15, 0.2) is 0 Å². The molecule has 1 amide bonds. The third-order valence-electron chi connectivity index (χ3n) is 6.56. The quantitative estimate of drug-likeness (QED) is 0.646. The first-order chi connectivity index (χ1) is 14.9. The summed E-state index contributed by atoms with van der Waals surface area (Å²) in [4.78, 5) is 27.9. The van der Waals surface area contributed by atoms with Crippen molar-refractivity contribution in [2.45, 2.75) is 33.2 Å². The molecular weight excluding hydrogens is 397 g/mol. The maximum atomic E-state index is 14.8. The lowest BCUT2D eigenvalue weighted by molar-refractivity contribution is 0.00728. The summed E-state index contributed by atoms with van der Waals surface area (Å²) >= 11 is 0. The Morgan fingerprint density at radius 3 is 2.48 bits per heavy atom. The van der Waals surface area contributed by atoms with Crippen LogP contribution in [0.1, 0.15) is 33.7 Å². The van der Waals surface area contributed by atoms with Crippen LogP contribution in [0.4, 0.5) is 10.3 Å². The number of carbonyl (C=O) groups is 1. The largest absolute Gasteiger partial charge is 0.339 e.